The zero-order valence-electron chi connectivity index (χ0n) is 14.9. The maximum absolute atomic E-state index is 5.45. The van der Waals surface area contributed by atoms with E-state index < -0.39 is 0 Å². The molecule has 10 heteroatoms. The quantitative estimate of drug-likeness (QED) is 0.308. The first-order valence-corrected chi connectivity index (χ1v) is 9.79. The van der Waals surface area contributed by atoms with Crippen LogP contribution >= 0.6 is 22.6 Å². The molecule has 9 nitrogen and oxygen atoms in total. The molecule has 2 N–H and O–H groups in total. The lowest BCUT2D eigenvalue weighted by atomic mass is 10.3. The summed E-state index contributed by atoms with van der Waals surface area (Å²) >= 11 is 2.10. The predicted molar refractivity (Wildman–Crippen MR) is 115 cm³/mol. The van der Waals surface area contributed by atoms with Gasteiger partial charge in [-0.1, -0.05) is 18.2 Å². The van der Waals surface area contributed by atoms with Crippen molar-refractivity contribution in [2.45, 2.75) is 0 Å². The summed E-state index contributed by atoms with van der Waals surface area (Å²) in [5, 5.41) is 7.37. The van der Waals surface area contributed by atoms with E-state index in [1.807, 2.05) is 42.5 Å². The maximum Gasteiger partial charge on any atom is 0.250 e. The van der Waals surface area contributed by atoms with Gasteiger partial charge in [-0.2, -0.15) is 20.1 Å². The third kappa shape index (κ3) is 4.95. The van der Waals surface area contributed by atoms with Gasteiger partial charge in [-0.15, -0.1) is 0 Å². The number of nitrogens with one attached hydrogen (secondary N) is 2. The fourth-order valence-corrected chi connectivity index (χ4v) is 3.01. The van der Waals surface area contributed by atoms with Gasteiger partial charge in [0, 0.05) is 18.8 Å². The summed E-state index contributed by atoms with van der Waals surface area (Å²) in [5.74, 6) is 1.99. The van der Waals surface area contributed by atoms with Gasteiger partial charge >= 0.3 is 0 Å². The van der Waals surface area contributed by atoms with E-state index in [1.54, 1.807) is 6.21 Å². The van der Waals surface area contributed by atoms with Crippen LogP contribution in [0.15, 0.2) is 52.0 Å². The summed E-state index contributed by atoms with van der Waals surface area (Å²) in [5.41, 5.74) is 3.74. The molecule has 0 radical (unpaired) electrons. The second-order valence-corrected chi connectivity index (χ2v) is 6.95. The fourth-order valence-electron chi connectivity index (χ4n) is 2.58. The van der Waals surface area contributed by atoms with Gasteiger partial charge in [-0.05, 0) is 46.9 Å². The third-order valence-electron chi connectivity index (χ3n) is 3.90. The molecule has 0 bridgehead atoms. The number of para-hydroxylation sites is 1. The van der Waals surface area contributed by atoms with Crippen LogP contribution < -0.4 is 15.6 Å². The van der Waals surface area contributed by atoms with Gasteiger partial charge in [0.25, 0.3) is 0 Å². The average molecular weight is 491 g/mol. The van der Waals surface area contributed by atoms with Crippen LogP contribution in [-0.4, -0.2) is 47.5 Å². The van der Waals surface area contributed by atoms with E-state index >= 15 is 0 Å². The highest BCUT2D eigenvalue weighted by Gasteiger charge is 2.16. The number of furan rings is 1. The minimum absolute atomic E-state index is 0.340. The topological polar surface area (TPSA) is 101 Å². The zero-order chi connectivity index (χ0) is 19.2. The van der Waals surface area contributed by atoms with E-state index in [0.717, 1.165) is 22.5 Å². The van der Waals surface area contributed by atoms with Crippen LogP contribution in [0.2, 0.25) is 0 Å². The van der Waals surface area contributed by atoms with Gasteiger partial charge < -0.3 is 19.4 Å². The van der Waals surface area contributed by atoms with Gasteiger partial charge in [0.15, 0.2) is 3.77 Å². The van der Waals surface area contributed by atoms with Crippen molar-refractivity contribution in [1.82, 2.24) is 15.0 Å². The van der Waals surface area contributed by atoms with Crippen LogP contribution in [0.5, 0.6) is 0 Å². The van der Waals surface area contributed by atoms with Gasteiger partial charge in [-0.3, -0.25) is 0 Å². The number of hydrazone groups is 1. The van der Waals surface area contributed by atoms with Crippen molar-refractivity contribution in [3.8, 4) is 0 Å². The molecule has 1 fully saturated rings. The van der Waals surface area contributed by atoms with Crippen molar-refractivity contribution in [2.24, 2.45) is 5.10 Å². The Bertz CT molecular complexity index is 942. The molecule has 0 aliphatic carbocycles. The van der Waals surface area contributed by atoms with Crippen molar-refractivity contribution in [1.29, 1.82) is 0 Å². The SMILES string of the molecule is Ic1ccc(C=NNc2nc(Nc3ccccc3)nc(N3CCOCC3)n2)o1. The average Bonchev–Trinajstić information content (AvgIpc) is 3.14. The number of halogens is 1. The molecule has 0 spiro atoms. The first kappa shape index (κ1) is 18.6. The summed E-state index contributed by atoms with van der Waals surface area (Å²) < 4.78 is 11.7. The van der Waals surface area contributed by atoms with E-state index in [0.29, 0.717) is 36.8 Å². The van der Waals surface area contributed by atoms with Crippen LogP contribution in [0.3, 0.4) is 0 Å². The van der Waals surface area contributed by atoms with Crippen molar-refractivity contribution in [3.05, 3.63) is 52.0 Å². The summed E-state index contributed by atoms with van der Waals surface area (Å²) in [7, 11) is 0. The highest BCUT2D eigenvalue weighted by Crippen LogP contribution is 2.18. The Morgan fingerprint density at radius 3 is 2.54 bits per heavy atom. The second-order valence-electron chi connectivity index (χ2n) is 5.88. The first-order valence-electron chi connectivity index (χ1n) is 8.71. The van der Waals surface area contributed by atoms with Crippen molar-refractivity contribution >= 4 is 52.3 Å². The summed E-state index contributed by atoms with van der Waals surface area (Å²) in [4.78, 5) is 15.5. The normalized spacial score (nSPS) is 14.4. The first-order chi connectivity index (χ1) is 13.8. The van der Waals surface area contributed by atoms with Crippen molar-refractivity contribution in [3.63, 3.8) is 0 Å². The standard InChI is InChI=1S/C18H18IN7O2/c19-15-7-6-14(28-15)12-20-25-17-22-16(21-13-4-2-1-3-5-13)23-18(24-17)26-8-10-27-11-9-26/h1-7,12H,8-11H2,(H2,21,22,23,24,25). The molecular weight excluding hydrogens is 473 g/mol. The Balaban J connectivity index is 1.56. The van der Waals surface area contributed by atoms with E-state index in [1.165, 1.54) is 0 Å². The molecule has 3 aromatic rings. The van der Waals surface area contributed by atoms with Gasteiger partial charge in [-0.25, -0.2) is 5.43 Å². The third-order valence-corrected chi connectivity index (χ3v) is 4.48. The van der Waals surface area contributed by atoms with Crippen LogP contribution in [-0.2, 0) is 4.74 Å². The number of hydrogen-bond acceptors (Lipinski definition) is 9. The summed E-state index contributed by atoms with van der Waals surface area (Å²) in [6.07, 6.45) is 1.57. The highest BCUT2D eigenvalue weighted by atomic mass is 127. The Kier molecular flexibility index (Phi) is 5.97. The number of anilines is 4. The molecule has 1 aliphatic rings. The van der Waals surface area contributed by atoms with Crippen molar-refractivity contribution in [2.75, 3.05) is 41.9 Å². The van der Waals surface area contributed by atoms with Crippen LogP contribution in [0.4, 0.5) is 23.5 Å². The molecule has 2 aromatic heterocycles. The molecule has 28 heavy (non-hydrogen) atoms. The Morgan fingerprint density at radius 2 is 1.79 bits per heavy atom. The van der Waals surface area contributed by atoms with Gasteiger partial charge in [0.1, 0.15) is 5.76 Å². The van der Waals surface area contributed by atoms with E-state index in [2.05, 4.69) is 58.3 Å². The molecule has 3 heterocycles. The fraction of sp³-hybridized carbons (Fsp3) is 0.222. The minimum atomic E-state index is 0.340. The summed E-state index contributed by atoms with van der Waals surface area (Å²) in [6, 6.07) is 13.4. The number of hydrogen-bond donors (Lipinski definition) is 2. The Morgan fingerprint density at radius 1 is 1.00 bits per heavy atom. The van der Waals surface area contributed by atoms with Crippen LogP contribution in [0.1, 0.15) is 5.76 Å². The Labute approximate surface area is 175 Å². The van der Waals surface area contributed by atoms with Gasteiger partial charge in [0.05, 0.1) is 19.4 Å². The molecule has 0 saturated carbocycles. The molecule has 144 valence electrons. The number of morpholine rings is 1. The molecule has 0 unspecified atom stereocenters. The van der Waals surface area contributed by atoms with Crippen LogP contribution in [0, 0.1) is 3.77 Å². The lowest BCUT2D eigenvalue weighted by Gasteiger charge is -2.27. The van der Waals surface area contributed by atoms with Crippen LogP contribution in [0.25, 0.3) is 0 Å². The Hall–Kier alpha value is -2.73. The van der Waals surface area contributed by atoms with E-state index in [9.17, 15) is 0 Å². The number of nitrogens with zero attached hydrogens (tertiary/aromatic N) is 5. The second kappa shape index (κ2) is 8.97. The lowest BCUT2D eigenvalue weighted by molar-refractivity contribution is 0.122. The molecule has 1 saturated heterocycles. The predicted octanol–water partition coefficient (Wildman–Crippen LogP) is 3.10. The zero-order valence-corrected chi connectivity index (χ0v) is 17.0. The molecule has 0 atom stereocenters. The minimum Gasteiger partial charge on any atom is -0.449 e. The van der Waals surface area contributed by atoms with E-state index in [-0.39, 0.29) is 0 Å². The highest BCUT2D eigenvalue weighted by molar-refractivity contribution is 14.1. The number of ether oxygens (including phenoxy) is 1. The largest absolute Gasteiger partial charge is 0.449 e. The maximum atomic E-state index is 5.45. The molecule has 1 aromatic carbocycles. The molecule has 0 amide bonds. The van der Waals surface area contributed by atoms with Crippen molar-refractivity contribution < 1.29 is 9.15 Å². The number of aromatic nitrogens is 3. The smallest absolute Gasteiger partial charge is 0.250 e. The number of benzene rings is 1. The lowest BCUT2D eigenvalue weighted by Crippen LogP contribution is -2.37. The molecule has 1 aliphatic heterocycles. The van der Waals surface area contributed by atoms with Gasteiger partial charge in [0.2, 0.25) is 17.8 Å². The van der Waals surface area contributed by atoms with E-state index in [4.69, 9.17) is 9.15 Å². The number of rotatable bonds is 6. The molecule has 4 rings (SSSR count). The monoisotopic (exact) mass is 491 g/mol. The summed E-state index contributed by atoms with van der Waals surface area (Å²) in [6.45, 7) is 2.74. The molecular formula is C18H18IN7O2.